The molecule has 0 radical (unpaired) electrons. The van der Waals surface area contributed by atoms with E-state index in [0.29, 0.717) is 33.0 Å². The summed E-state index contributed by atoms with van der Waals surface area (Å²) in [5.41, 5.74) is 1.02. The molecule has 0 unspecified atom stereocenters. The average molecular weight is 378 g/mol. The van der Waals surface area contributed by atoms with Crippen molar-refractivity contribution in [1.29, 1.82) is 0 Å². The van der Waals surface area contributed by atoms with Crippen LogP contribution in [0.5, 0.6) is 11.5 Å². The third-order valence-electron chi connectivity index (χ3n) is 4.13. The van der Waals surface area contributed by atoms with E-state index >= 15 is 0 Å². The third-order valence-corrected chi connectivity index (χ3v) is 4.13. The number of hydrogen-bond acceptors (Lipinski definition) is 6. The number of hydrogen-bond donors (Lipinski definition) is 0. The van der Waals surface area contributed by atoms with Crippen LogP contribution in [0.2, 0.25) is 0 Å². The van der Waals surface area contributed by atoms with E-state index in [1.807, 2.05) is 25.1 Å². The quantitative estimate of drug-likeness (QED) is 0.239. The van der Waals surface area contributed by atoms with Crippen molar-refractivity contribution in [1.82, 2.24) is 0 Å². The van der Waals surface area contributed by atoms with Gasteiger partial charge in [-0.25, -0.2) is 9.59 Å². The molecular weight excluding hydrogens is 360 g/mol. The Hall–Kier alpha value is -3.80. The molecule has 0 heterocycles. The molecule has 0 bridgehead atoms. The molecule has 0 saturated carbocycles. The summed E-state index contributed by atoms with van der Waals surface area (Å²) in [6.07, 6.45) is 0.926. The van der Waals surface area contributed by atoms with E-state index in [0.717, 1.165) is 24.5 Å². The van der Waals surface area contributed by atoms with Crippen molar-refractivity contribution in [3.8, 4) is 11.5 Å². The minimum Gasteiger partial charge on any atom is -0.403 e. The van der Waals surface area contributed by atoms with Crippen LogP contribution in [0.4, 0.5) is 9.59 Å². The Bertz CT molecular complexity index is 1080. The number of rotatable bonds is 5. The maximum absolute atomic E-state index is 12.0. The molecule has 28 heavy (non-hydrogen) atoms. The van der Waals surface area contributed by atoms with Crippen LogP contribution in [0.1, 0.15) is 12.5 Å². The lowest BCUT2D eigenvalue weighted by Crippen LogP contribution is -2.10. The van der Waals surface area contributed by atoms with Crippen LogP contribution in [0.15, 0.2) is 68.1 Å². The number of fused-ring (bicyclic) bond motifs is 2. The van der Waals surface area contributed by atoms with Crippen molar-refractivity contribution in [3.63, 3.8) is 0 Å². The van der Waals surface area contributed by atoms with Crippen molar-refractivity contribution >= 4 is 33.9 Å². The zero-order valence-corrected chi connectivity index (χ0v) is 15.3. The van der Waals surface area contributed by atoms with Gasteiger partial charge in [0.05, 0.1) is 12.5 Å². The molecule has 0 spiro atoms. The van der Waals surface area contributed by atoms with Gasteiger partial charge in [-0.15, -0.1) is 0 Å². The average Bonchev–Trinajstić information content (AvgIpc) is 2.70. The van der Waals surface area contributed by atoms with Crippen molar-refractivity contribution in [2.24, 2.45) is 0 Å². The van der Waals surface area contributed by atoms with Gasteiger partial charge in [0.15, 0.2) is 0 Å². The number of aryl methyl sites for hydroxylation is 1. The summed E-state index contributed by atoms with van der Waals surface area (Å²) in [4.78, 5) is 23.9. The van der Waals surface area contributed by atoms with Gasteiger partial charge in [0.2, 0.25) is 0 Å². The van der Waals surface area contributed by atoms with Gasteiger partial charge in [0, 0.05) is 21.5 Å². The first-order valence-corrected chi connectivity index (χ1v) is 8.55. The van der Waals surface area contributed by atoms with Gasteiger partial charge in [-0.3, -0.25) is 0 Å². The smallest absolute Gasteiger partial charge is 0.403 e. The zero-order chi connectivity index (χ0) is 20.1. The lowest BCUT2D eigenvalue weighted by Gasteiger charge is -2.16. The normalized spacial score (nSPS) is 10.3. The molecule has 0 aromatic heterocycles. The number of carbonyl (C=O) groups is 2. The molecule has 0 fully saturated rings. The van der Waals surface area contributed by atoms with Crippen LogP contribution in [0.25, 0.3) is 21.5 Å². The molecule has 0 aliphatic heterocycles. The fourth-order valence-electron chi connectivity index (χ4n) is 2.94. The number of benzene rings is 3. The monoisotopic (exact) mass is 378 g/mol. The first kappa shape index (κ1) is 19.0. The highest BCUT2D eigenvalue weighted by Gasteiger charge is 2.21. The molecule has 0 saturated heterocycles. The maximum atomic E-state index is 12.0. The molecule has 0 aliphatic carbocycles. The second-order valence-electron chi connectivity index (χ2n) is 5.71. The fourth-order valence-corrected chi connectivity index (χ4v) is 2.94. The summed E-state index contributed by atoms with van der Waals surface area (Å²) >= 11 is 0. The highest BCUT2D eigenvalue weighted by Crippen LogP contribution is 2.43. The van der Waals surface area contributed by atoms with Gasteiger partial charge in [-0.1, -0.05) is 56.5 Å². The summed E-state index contributed by atoms with van der Waals surface area (Å²) in [6.45, 7) is 8.71. The predicted molar refractivity (Wildman–Crippen MR) is 105 cm³/mol. The first-order chi connectivity index (χ1) is 13.6. The van der Waals surface area contributed by atoms with E-state index in [-0.39, 0.29) is 0 Å². The SMILES string of the molecule is C=COC(=O)Oc1c2ccccc2c(OC(=O)OC=C)c2cc(CC)ccc12. The Morgan fingerprint density at radius 3 is 1.82 bits per heavy atom. The van der Waals surface area contributed by atoms with Gasteiger partial charge in [0.1, 0.15) is 11.5 Å². The Morgan fingerprint density at radius 1 is 0.821 bits per heavy atom. The molecule has 6 nitrogen and oxygen atoms in total. The molecule has 0 atom stereocenters. The Balaban J connectivity index is 2.33. The molecule has 3 rings (SSSR count). The van der Waals surface area contributed by atoms with Crippen LogP contribution >= 0.6 is 0 Å². The second-order valence-corrected chi connectivity index (χ2v) is 5.71. The fraction of sp³-hybridized carbons (Fsp3) is 0.0909. The molecule has 3 aromatic carbocycles. The Morgan fingerprint density at radius 2 is 1.32 bits per heavy atom. The third kappa shape index (κ3) is 3.66. The summed E-state index contributed by atoms with van der Waals surface area (Å²) in [5.74, 6) is 0.599. The van der Waals surface area contributed by atoms with Crippen molar-refractivity contribution in [2.45, 2.75) is 13.3 Å². The minimum absolute atomic E-state index is 0.296. The van der Waals surface area contributed by atoms with Crippen molar-refractivity contribution in [3.05, 3.63) is 73.7 Å². The molecule has 142 valence electrons. The first-order valence-electron chi connectivity index (χ1n) is 8.55. The maximum Gasteiger partial charge on any atom is 0.518 e. The molecule has 3 aromatic rings. The Labute approximate surface area is 161 Å². The highest BCUT2D eigenvalue weighted by molar-refractivity contribution is 6.12. The van der Waals surface area contributed by atoms with E-state index in [1.54, 1.807) is 24.3 Å². The van der Waals surface area contributed by atoms with E-state index in [4.69, 9.17) is 18.9 Å². The number of carbonyl (C=O) groups excluding carboxylic acids is 2. The topological polar surface area (TPSA) is 71.1 Å². The van der Waals surface area contributed by atoms with Crippen LogP contribution in [0, 0.1) is 0 Å². The van der Waals surface area contributed by atoms with Gasteiger partial charge in [-0.2, -0.15) is 0 Å². The molecule has 0 amide bonds. The molecule has 0 aliphatic rings. The van der Waals surface area contributed by atoms with Gasteiger partial charge in [-0.05, 0) is 18.1 Å². The zero-order valence-electron chi connectivity index (χ0n) is 15.3. The van der Waals surface area contributed by atoms with Crippen molar-refractivity contribution in [2.75, 3.05) is 0 Å². The van der Waals surface area contributed by atoms with Gasteiger partial charge in [0.25, 0.3) is 0 Å². The van der Waals surface area contributed by atoms with E-state index in [1.165, 1.54) is 0 Å². The standard InChI is InChI=1S/C22H18O6/c1-4-14-11-12-17-18(13-14)20(28-22(24)26-6-3)16-10-8-7-9-15(16)19(17)27-21(23)25-5-2/h5-13H,2-4H2,1H3. The lowest BCUT2D eigenvalue weighted by molar-refractivity contribution is 0.135. The van der Waals surface area contributed by atoms with E-state index in [9.17, 15) is 9.59 Å². The van der Waals surface area contributed by atoms with Crippen LogP contribution in [-0.2, 0) is 15.9 Å². The Kier molecular flexibility index (Phi) is 5.60. The van der Waals surface area contributed by atoms with Gasteiger partial charge >= 0.3 is 12.3 Å². The summed E-state index contributed by atoms with van der Waals surface area (Å²) in [5, 5.41) is 2.33. The van der Waals surface area contributed by atoms with Gasteiger partial charge < -0.3 is 18.9 Å². The summed E-state index contributed by atoms with van der Waals surface area (Å²) < 4.78 is 20.3. The second kappa shape index (κ2) is 8.26. The largest absolute Gasteiger partial charge is 0.518 e. The van der Waals surface area contributed by atoms with Crippen LogP contribution in [0.3, 0.4) is 0 Å². The molecule has 6 heteroatoms. The predicted octanol–water partition coefficient (Wildman–Crippen LogP) is 5.87. The van der Waals surface area contributed by atoms with E-state index < -0.39 is 12.3 Å². The van der Waals surface area contributed by atoms with E-state index in [2.05, 4.69) is 13.2 Å². The van der Waals surface area contributed by atoms with Crippen LogP contribution in [-0.4, -0.2) is 12.3 Å². The molecule has 0 N–H and O–H groups in total. The molecular formula is C22H18O6. The minimum atomic E-state index is -0.916. The number of ether oxygens (including phenoxy) is 4. The summed E-state index contributed by atoms with van der Waals surface area (Å²) in [6, 6.07) is 12.7. The van der Waals surface area contributed by atoms with Crippen molar-refractivity contribution < 1.29 is 28.5 Å². The lowest BCUT2D eigenvalue weighted by atomic mass is 9.98. The van der Waals surface area contributed by atoms with Crippen LogP contribution < -0.4 is 9.47 Å². The summed E-state index contributed by atoms with van der Waals surface area (Å²) in [7, 11) is 0. The highest BCUT2D eigenvalue weighted by atomic mass is 16.7.